The minimum atomic E-state index is -4.06. The molecule has 2 rings (SSSR count). The van der Waals surface area contributed by atoms with Gasteiger partial charge in [0.1, 0.15) is 16.5 Å². The lowest BCUT2D eigenvalue weighted by Crippen LogP contribution is -2.15. The second-order valence-corrected chi connectivity index (χ2v) is 6.73. The number of nitrogens with one attached hydrogen (secondary N) is 1. The molecule has 112 valence electrons. The van der Waals surface area contributed by atoms with Crippen LogP contribution in [0.15, 0.2) is 39.7 Å². The number of methoxy groups -OCH3 is 1. The van der Waals surface area contributed by atoms with Crippen molar-refractivity contribution >= 4 is 43.4 Å². The van der Waals surface area contributed by atoms with Gasteiger partial charge in [0.2, 0.25) is 5.88 Å². The number of pyridine rings is 1. The van der Waals surface area contributed by atoms with E-state index in [1.165, 1.54) is 25.3 Å². The van der Waals surface area contributed by atoms with E-state index in [0.29, 0.717) is 4.47 Å². The summed E-state index contributed by atoms with van der Waals surface area (Å²) in [5, 5.41) is -0.478. The van der Waals surface area contributed by atoms with Crippen LogP contribution in [0.5, 0.6) is 5.88 Å². The highest BCUT2D eigenvalue weighted by Crippen LogP contribution is 2.28. The van der Waals surface area contributed by atoms with Crippen molar-refractivity contribution in [1.29, 1.82) is 0 Å². The molecule has 9 heteroatoms. The van der Waals surface area contributed by atoms with Crippen LogP contribution >= 0.6 is 27.5 Å². The summed E-state index contributed by atoms with van der Waals surface area (Å²) in [7, 11) is -2.66. The Kier molecular flexibility index (Phi) is 4.70. The smallest absolute Gasteiger partial charge is 0.264 e. The highest BCUT2D eigenvalue weighted by molar-refractivity contribution is 9.10. The van der Waals surface area contributed by atoms with Crippen LogP contribution in [0.2, 0.25) is 5.02 Å². The molecule has 0 aliphatic rings. The number of ether oxygens (including phenoxy) is 1. The van der Waals surface area contributed by atoms with Gasteiger partial charge < -0.3 is 4.74 Å². The van der Waals surface area contributed by atoms with Gasteiger partial charge in [0.15, 0.2) is 0 Å². The molecule has 1 N–H and O–H groups in total. The third kappa shape index (κ3) is 3.45. The maximum atomic E-state index is 13.4. The largest absolute Gasteiger partial charge is 0.480 e. The number of anilines is 1. The van der Waals surface area contributed by atoms with Crippen molar-refractivity contribution < 1.29 is 17.5 Å². The first-order chi connectivity index (χ1) is 9.85. The Morgan fingerprint density at radius 2 is 2.05 bits per heavy atom. The summed E-state index contributed by atoms with van der Waals surface area (Å²) in [4.78, 5) is 3.59. The molecule has 0 radical (unpaired) electrons. The Balaban J connectivity index is 2.40. The van der Waals surface area contributed by atoms with Crippen molar-refractivity contribution in [3.8, 4) is 5.88 Å². The molecular weight excluding hydrogens is 387 g/mol. The number of hydrogen-bond acceptors (Lipinski definition) is 4. The van der Waals surface area contributed by atoms with Crippen molar-refractivity contribution in [2.24, 2.45) is 0 Å². The molecule has 0 unspecified atom stereocenters. The summed E-state index contributed by atoms with van der Waals surface area (Å²) in [6.07, 6.45) is 0. The molecule has 5 nitrogen and oxygen atoms in total. The number of sulfonamides is 1. The summed E-state index contributed by atoms with van der Waals surface area (Å²) in [5.74, 6) is -0.586. The molecule has 0 aliphatic heterocycles. The maximum absolute atomic E-state index is 13.4. The van der Waals surface area contributed by atoms with E-state index in [1.54, 1.807) is 6.07 Å². The zero-order chi connectivity index (χ0) is 15.6. The first-order valence-corrected chi connectivity index (χ1v) is 8.18. The number of rotatable bonds is 4. The normalized spacial score (nSPS) is 11.2. The fourth-order valence-electron chi connectivity index (χ4n) is 1.51. The van der Waals surface area contributed by atoms with Crippen molar-refractivity contribution in [1.82, 2.24) is 4.98 Å². The maximum Gasteiger partial charge on any atom is 0.264 e. The molecule has 1 aromatic heterocycles. The van der Waals surface area contributed by atoms with Gasteiger partial charge in [0.25, 0.3) is 10.0 Å². The molecule has 21 heavy (non-hydrogen) atoms. The summed E-state index contributed by atoms with van der Waals surface area (Å²) >= 11 is 8.88. The van der Waals surface area contributed by atoms with Gasteiger partial charge in [-0.05, 0) is 40.2 Å². The molecule has 2 aromatic rings. The molecule has 0 fully saturated rings. The van der Waals surface area contributed by atoms with E-state index in [9.17, 15) is 12.8 Å². The first kappa shape index (κ1) is 16.0. The van der Waals surface area contributed by atoms with Gasteiger partial charge in [-0.2, -0.15) is 4.98 Å². The molecule has 0 aliphatic carbocycles. The van der Waals surface area contributed by atoms with Crippen LogP contribution in [-0.4, -0.2) is 20.5 Å². The fourth-order valence-corrected chi connectivity index (χ4v) is 3.41. The average molecular weight is 396 g/mol. The van der Waals surface area contributed by atoms with Crippen LogP contribution in [0.4, 0.5) is 10.2 Å². The summed E-state index contributed by atoms with van der Waals surface area (Å²) in [5.41, 5.74) is 0. The summed E-state index contributed by atoms with van der Waals surface area (Å²) in [6.45, 7) is 0. The topological polar surface area (TPSA) is 68.3 Å². The number of halogens is 3. The van der Waals surface area contributed by atoms with Crippen molar-refractivity contribution in [2.75, 3.05) is 11.8 Å². The highest BCUT2D eigenvalue weighted by atomic mass is 79.9. The van der Waals surface area contributed by atoms with Crippen LogP contribution in [0, 0.1) is 5.82 Å². The molecule has 0 atom stereocenters. The second kappa shape index (κ2) is 6.17. The van der Waals surface area contributed by atoms with Gasteiger partial charge in [0, 0.05) is 0 Å². The van der Waals surface area contributed by atoms with E-state index in [-0.39, 0.29) is 16.6 Å². The van der Waals surface area contributed by atoms with E-state index >= 15 is 0 Å². The fraction of sp³-hybridized carbons (Fsp3) is 0.0833. The van der Waals surface area contributed by atoms with Crippen LogP contribution in [0.1, 0.15) is 0 Å². The number of hydrogen-bond donors (Lipinski definition) is 1. The third-order valence-corrected chi connectivity index (χ3v) is 4.95. The molecule has 0 amide bonds. The van der Waals surface area contributed by atoms with E-state index < -0.39 is 20.9 Å². The van der Waals surface area contributed by atoms with Gasteiger partial charge in [0.05, 0.1) is 16.6 Å². The predicted octanol–water partition coefficient (Wildman–Crippen LogP) is 3.45. The van der Waals surface area contributed by atoms with Gasteiger partial charge in [-0.25, -0.2) is 12.8 Å². The standard InChI is InChI=1S/C12H9BrClFN2O3S/c1-20-12-7(13)5-6-10(16-12)17-21(18,19)9-4-2-3-8(15)11(9)14/h2-6H,1H3,(H,16,17). The quantitative estimate of drug-likeness (QED) is 0.861. The Morgan fingerprint density at radius 1 is 1.33 bits per heavy atom. The van der Waals surface area contributed by atoms with Crippen LogP contribution < -0.4 is 9.46 Å². The zero-order valence-corrected chi connectivity index (χ0v) is 13.8. The highest BCUT2D eigenvalue weighted by Gasteiger charge is 2.21. The molecule has 0 saturated heterocycles. The molecular formula is C12H9BrClFN2O3S. The van der Waals surface area contributed by atoms with Gasteiger partial charge in [-0.15, -0.1) is 0 Å². The first-order valence-electron chi connectivity index (χ1n) is 5.52. The lowest BCUT2D eigenvalue weighted by molar-refractivity contribution is 0.396. The molecule has 0 bridgehead atoms. The van der Waals surface area contributed by atoms with Gasteiger partial charge >= 0.3 is 0 Å². The minimum absolute atomic E-state index is 0.0235. The lowest BCUT2D eigenvalue weighted by atomic mass is 10.3. The van der Waals surface area contributed by atoms with E-state index in [1.807, 2.05) is 0 Å². The van der Waals surface area contributed by atoms with E-state index in [2.05, 4.69) is 25.6 Å². The van der Waals surface area contributed by atoms with Gasteiger partial charge in [-0.3, -0.25) is 4.72 Å². The second-order valence-electron chi connectivity index (χ2n) is 3.85. The van der Waals surface area contributed by atoms with Gasteiger partial charge in [-0.1, -0.05) is 17.7 Å². The summed E-state index contributed by atoms with van der Waals surface area (Å²) in [6, 6.07) is 6.52. The number of benzene rings is 1. The van der Waals surface area contributed by atoms with Crippen molar-refractivity contribution in [3.63, 3.8) is 0 Å². The van der Waals surface area contributed by atoms with E-state index in [0.717, 1.165) is 6.07 Å². The lowest BCUT2D eigenvalue weighted by Gasteiger charge is -2.10. The average Bonchev–Trinajstić information content (AvgIpc) is 2.43. The third-order valence-electron chi connectivity index (χ3n) is 2.45. The van der Waals surface area contributed by atoms with Crippen LogP contribution in [-0.2, 0) is 10.0 Å². The molecule has 1 aromatic carbocycles. The van der Waals surface area contributed by atoms with E-state index in [4.69, 9.17) is 16.3 Å². The number of nitrogens with zero attached hydrogens (tertiary/aromatic N) is 1. The monoisotopic (exact) mass is 394 g/mol. The van der Waals surface area contributed by atoms with Crippen molar-refractivity contribution in [3.05, 3.63) is 45.6 Å². The van der Waals surface area contributed by atoms with Crippen LogP contribution in [0.25, 0.3) is 0 Å². The van der Waals surface area contributed by atoms with Crippen molar-refractivity contribution in [2.45, 2.75) is 4.90 Å². The Morgan fingerprint density at radius 3 is 2.71 bits per heavy atom. The minimum Gasteiger partial charge on any atom is -0.480 e. The predicted molar refractivity (Wildman–Crippen MR) is 80.7 cm³/mol. The Bertz CT molecular complexity index is 786. The zero-order valence-electron chi connectivity index (χ0n) is 10.6. The molecule has 0 spiro atoms. The summed E-state index contributed by atoms with van der Waals surface area (Å²) < 4.78 is 45.5. The SMILES string of the molecule is COc1nc(NS(=O)(=O)c2cccc(F)c2Cl)ccc1Br. The Hall–Kier alpha value is -1.38. The molecule has 1 heterocycles. The van der Waals surface area contributed by atoms with Crippen LogP contribution in [0.3, 0.4) is 0 Å². The Labute approximate surface area is 134 Å². The number of aromatic nitrogens is 1. The molecule has 0 saturated carbocycles.